The van der Waals surface area contributed by atoms with Crippen LogP contribution in [0.4, 0.5) is 0 Å². The van der Waals surface area contributed by atoms with Crippen LogP contribution in [-0.4, -0.2) is 18.8 Å². The fraction of sp³-hybridized carbons (Fsp3) is 0.667. The molecule has 28 valence electrons. The van der Waals surface area contributed by atoms with Crippen LogP contribution in [0.5, 0.6) is 0 Å². The van der Waals surface area contributed by atoms with Gasteiger partial charge in [-0.2, -0.15) is 0 Å². The molecule has 2 N–H and O–H groups in total. The Labute approximate surface area is 30.7 Å². The Bertz CT molecular complexity index is 57.9. The molecule has 0 saturated heterocycles. The highest BCUT2D eigenvalue weighted by Crippen LogP contribution is 1.84. The smallest absolute Gasteiger partial charge is 0.0593 e. The molecule has 1 unspecified atom stereocenters. The zero-order chi connectivity index (χ0) is 3.70. The van der Waals surface area contributed by atoms with Crippen molar-refractivity contribution in [1.29, 1.82) is 0 Å². The Balaban J connectivity index is 2.39. The van der Waals surface area contributed by atoms with Gasteiger partial charge in [-0.3, -0.25) is 4.99 Å². The minimum Gasteiger partial charge on any atom is -0.322 e. The lowest BCUT2D eigenvalue weighted by Gasteiger charge is -2.07. The topological polar surface area (TPSA) is 38.4 Å². The number of hydrogen-bond donors (Lipinski definition) is 1. The molecule has 0 amide bonds. The van der Waals surface area contributed by atoms with Crippen LogP contribution in [0.1, 0.15) is 0 Å². The van der Waals surface area contributed by atoms with Crippen LogP contribution in [0.3, 0.4) is 0 Å². The first-order valence-electron chi connectivity index (χ1n) is 1.65. The van der Waals surface area contributed by atoms with Gasteiger partial charge in [-0.25, -0.2) is 0 Å². The molecule has 2 heteroatoms. The molecular weight excluding hydrogens is 64.0 g/mol. The van der Waals surface area contributed by atoms with Gasteiger partial charge in [-0.1, -0.05) is 0 Å². The van der Waals surface area contributed by atoms with E-state index in [1.54, 1.807) is 6.21 Å². The van der Waals surface area contributed by atoms with Crippen LogP contribution >= 0.6 is 0 Å². The van der Waals surface area contributed by atoms with Crippen LogP contribution in [0.25, 0.3) is 0 Å². The van der Waals surface area contributed by atoms with Gasteiger partial charge in [-0.05, 0) is 0 Å². The summed E-state index contributed by atoms with van der Waals surface area (Å²) < 4.78 is 0. The fourth-order valence-corrected chi connectivity index (χ4v) is 0.227. The van der Waals surface area contributed by atoms with E-state index in [0.717, 1.165) is 6.54 Å². The molecule has 0 saturated carbocycles. The van der Waals surface area contributed by atoms with Gasteiger partial charge in [0.25, 0.3) is 0 Å². The molecule has 1 aliphatic heterocycles. The predicted octanol–water partition coefficient (Wildman–Crippen LogP) is -0.602. The summed E-state index contributed by atoms with van der Waals surface area (Å²) in [4.78, 5) is 3.75. The van der Waals surface area contributed by atoms with Crippen molar-refractivity contribution in [3.05, 3.63) is 0 Å². The minimum absolute atomic E-state index is 0.273. The van der Waals surface area contributed by atoms with E-state index in [1.807, 2.05) is 0 Å². The van der Waals surface area contributed by atoms with Crippen LogP contribution in [0.2, 0.25) is 0 Å². The molecule has 0 aromatic heterocycles. The molecule has 0 radical (unpaired) electrons. The number of aliphatic imine (C=N–C) groups is 1. The van der Waals surface area contributed by atoms with Crippen molar-refractivity contribution in [3.8, 4) is 0 Å². The normalized spacial score (nSPS) is 33.4. The second-order valence-corrected chi connectivity index (χ2v) is 1.18. The third kappa shape index (κ3) is 0.304. The molecular formula is C3H6N2. The van der Waals surface area contributed by atoms with Gasteiger partial charge in [0, 0.05) is 6.21 Å². The number of rotatable bonds is 0. The van der Waals surface area contributed by atoms with Crippen molar-refractivity contribution in [3.63, 3.8) is 0 Å². The van der Waals surface area contributed by atoms with Crippen LogP contribution in [-0.2, 0) is 0 Å². The summed E-state index contributed by atoms with van der Waals surface area (Å²) in [6.07, 6.45) is 1.75. The summed E-state index contributed by atoms with van der Waals surface area (Å²) in [5, 5.41) is 0. The number of nitrogens with two attached hydrogens (primary N) is 1. The molecule has 1 rings (SSSR count). The SMILES string of the molecule is NC1C=NC1. The van der Waals surface area contributed by atoms with Crippen molar-refractivity contribution in [2.75, 3.05) is 6.54 Å². The molecule has 0 spiro atoms. The van der Waals surface area contributed by atoms with E-state index in [0.29, 0.717) is 0 Å². The molecule has 1 atom stereocenters. The lowest BCUT2D eigenvalue weighted by Crippen LogP contribution is -2.32. The third-order valence-electron chi connectivity index (χ3n) is 0.613. The van der Waals surface area contributed by atoms with Crippen LogP contribution in [0.15, 0.2) is 4.99 Å². The predicted molar refractivity (Wildman–Crippen MR) is 21.3 cm³/mol. The summed E-state index contributed by atoms with van der Waals surface area (Å²) >= 11 is 0. The van der Waals surface area contributed by atoms with E-state index in [1.165, 1.54) is 0 Å². The average Bonchev–Trinajstić information content (AvgIpc) is 1.30. The molecule has 0 aromatic carbocycles. The maximum Gasteiger partial charge on any atom is 0.0593 e. The van der Waals surface area contributed by atoms with Gasteiger partial charge in [0.15, 0.2) is 0 Å². The third-order valence-corrected chi connectivity index (χ3v) is 0.613. The second-order valence-electron chi connectivity index (χ2n) is 1.18. The highest BCUT2D eigenvalue weighted by atomic mass is 14.9. The molecule has 0 fully saturated rings. The largest absolute Gasteiger partial charge is 0.322 e. The first-order valence-corrected chi connectivity index (χ1v) is 1.65. The molecule has 1 aliphatic rings. The van der Waals surface area contributed by atoms with Crippen LogP contribution in [0, 0.1) is 0 Å². The van der Waals surface area contributed by atoms with E-state index < -0.39 is 0 Å². The second kappa shape index (κ2) is 0.792. The number of hydrogen-bond acceptors (Lipinski definition) is 2. The molecule has 2 nitrogen and oxygen atoms in total. The molecule has 0 aromatic rings. The van der Waals surface area contributed by atoms with E-state index in [-0.39, 0.29) is 6.04 Å². The highest BCUT2D eigenvalue weighted by Gasteiger charge is 2.00. The molecule has 1 heterocycles. The van der Waals surface area contributed by atoms with E-state index in [2.05, 4.69) is 4.99 Å². The summed E-state index contributed by atoms with van der Waals surface area (Å²) in [7, 11) is 0. The van der Waals surface area contributed by atoms with Gasteiger partial charge >= 0.3 is 0 Å². The van der Waals surface area contributed by atoms with Crippen molar-refractivity contribution in [1.82, 2.24) is 0 Å². The zero-order valence-electron chi connectivity index (χ0n) is 2.89. The standard InChI is InChI=1S/C3H6N2/c4-3-1-5-2-3/h1,3H,2,4H2. The summed E-state index contributed by atoms with van der Waals surface area (Å²) in [6, 6.07) is 0.273. The Morgan fingerprint density at radius 3 is 2.40 bits per heavy atom. The Hall–Kier alpha value is -0.370. The lowest BCUT2D eigenvalue weighted by molar-refractivity contribution is 0.813. The summed E-state index contributed by atoms with van der Waals surface area (Å²) in [5.74, 6) is 0. The minimum atomic E-state index is 0.273. The van der Waals surface area contributed by atoms with Crippen LogP contribution < -0.4 is 5.73 Å². The number of nitrogens with zero attached hydrogens (tertiary/aromatic N) is 1. The first kappa shape index (κ1) is 2.85. The van der Waals surface area contributed by atoms with E-state index >= 15 is 0 Å². The van der Waals surface area contributed by atoms with Crippen molar-refractivity contribution >= 4 is 6.21 Å². The Morgan fingerprint density at radius 1 is 2.00 bits per heavy atom. The maximum atomic E-state index is 5.23. The maximum absolute atomic E-state index is 5.23. The van der Waals surface area contributed by atoms with Gasteiger partial charge in [0.2, 0.25) is 0 Å². The highest BCUT2D eigenvalue weighted by molar-refractivity contribution is 5.69. The first-order chi connectivity index (χ1) is 2.39. The lowest BCUT2D eigenvalue weighted by atomic mass is 10.3. The summed E-state index contributed by atoms with van der Waals surface area (Å²) in [5.41, 5.74) is 5.23. The Kier molecular flexibility index (Phi) is 0.451. The molecule has 0 bridgehead atoms. The molecule has 0 aliphatic carbocycles. The van der Waals surface area contributed by atoms with Crippen molar-refractivity contribution in [2.24, 2.45) is 10.7 Å². The van der Waals surface area contributed by atoms with Gasteiger partial charge in [0.1, 0.15) is 0 Å². The monoisotopic (exact) mass is 70.1 g/mol. The quantitative estimate of drug-likeness (QED) is 0.406. The van der Waals surface area contributed by atoms with Gasteiger partial charge in [0.05, 0.1) is 12.6 Å². The van der Waals surface area contributed by atoms with Crippen molar-refractivity contribution < 1.29 is 0 Å². The van der Waals surface area contributed by atoms with E-state index in [9.17, 15) is 0 Å². The zero-order valence-corrected chi connectivity index (χ0v) is 2.89. The Morgan fingerprint density at radius 2 is 2.40 bits per heavy atom. The average molecular weight is 70.1 g/mol. The fourth-order valence-electron chi connectivity index (χ4n) is 0.227. The van der Waals surface area contributed by atoms with Gasteiger partial charge in [-0.15, -0.1) is 0 Å². The van der Waals surface area contributed by atoms with Crippen molar-refractivity contribution in [2.45, 2.75) is 6.04 Å². The summed E-state index contributed by atoms with van der Waals surface area (Å²) in [6.45, 7) is 0.833. The molecule has 5 heavy (non-hydrogen) atoms. The van der Waals surface area contributed by atoms with E-state index in [4.69, 9.17) is 5.73 Å². The van der Waals surface area contributed by atoms with Gasteiger partial charge < -0.3 is 5.73 Å².